The molecule has 21 heavy (non-hydrogen) atoms. The minimum atomic E-state index is -0.425. The minimum Gasteiger partial charge on any atom is -0.450 e. The van der Waals surface area contributed by atoms with Crippen molar-refractivity contribution >= 4 is 16.9 Å². The highest BCUT2D eigenvalue weighted by Gasteiger charge is 2.21. The molecule has 1 aromatic heterocycles. The number of para-hydroxylation sites is 1. The summed E-state index contributed by atoms with van der Waals surface area (Å²) in [6.07, 6.45) is 5.07. The first kappa shape index (κ1) is 14.1. The topological polar surface area (TPSA) is 77.5 Å². The highest BCUT2D eigenvalue weighted by molar-refractivity contribution is 5.98. The van der Waals surface area contributed by atoms with Gasteiger partial charge < -0.3 is 9.15 Å². The van der Waals surface area contributed by atoms with E-state index in [0.29, 0.717) is 18.1 Å². The van der Waals surface area contributed by atoms with Crippen molar-refractivity contribution in [1.29, 1.82) is 0 Å². The van der Waals surface area contributed by atoms with Crippen LogP contribution in [0.3, 0.4) is 0 Å². The van der Waals surface area contributed by atoms with Gasteiger partial charge in [-0.3, -0.25) is 10.2 Å². The molecule has 5 nitrogen and oxygen atoms in total. The van der Waals surface area contributed by atoms with E-state index in [1.807, 2.05) is 24.3 Å². The Morgan fingerprint density at radius 1 is 1.33 bits per heavy atom. The molecule has 112 valence electrons. The number of fused-ring (bicyclic) bond motifs is 1. The SMILES string of the molecule is NNC(=O)c1oc2ccccc2c1COCC1CCCC1. The number of carbonyl (C=O) groups is 1. The van der Waals surface area contributed by atoms with Crippen LogP contribution in [-0.4, -0.2) is 12.5 Å². The molecule has 1 saturated carbocycles. The second-order valence-corrected chi connectivity index (χ2v) is 5.54. The highest BCUT2D eigenvalue weighted by atomic mass is 16.5. The fourth-order valence-corrected chi connectivity index (χ4v) is 3.00. The number of rotatable bonds is 5. The summed E-state index contributed by atoms with van der Waals surface area (Å²) in [6.45, 7) is 1.11. The van der Waals surface area contributed by atoms with Gasteiger partial charge in [-0.05, 0) is 24.8 Å². The number of benzene rings is 1. The quantitative estimate of drug-likeness (QED) is 0.504. The zero-order valence-electron chi connectivity index (χ0n) is 11.9. The molecule has 0 spiro atoms. The van der Waals surface area contributed by atoms with Gasteiger partial charge in [-0.25, -0.2) is 5.84 Å². The minimum absolute atomic E-state index is 0.241. The summed E-state index contributed by atoms with van der Waals surface area (Å²) < 4.78 is 11.4. The van der Waals surface area contributed by atoms with E-state index in [4.69, 9.17) is 15.0 Å². The Hall–Kier alpha value is -1.85. The lowest BCUT2D eigenvalue weighted by atomic mass is 10.1. The van der Waals surface area contributed by atoms with Crippen LogP contribution in [0.4, 0.5) is 0 Å². The van der Waals surface area contributed by atoms with Gasteiger partial charge in [-0.2, -0.15) is 0 Å². The first-order valence-corrected chi connectivity index (χ1v) is 7.38. The Bertz CT molecular complexity index is 629. The van der Waals surface area contributed by atoms with Gasteiger partial charge in [-0.15, -0.1) is 0 Å². The average molecular weight is 288 g/mol. The van der Waals surface area contributed by atoms with E-state index < -0.39 is 5.91 Å². The van der Waals surface area contributed by atoms with Gasteiger partial charge in [0.2, 0.25) is 0 Å². The third-order valence-corrected chi connectivity index (χ3v) is 4.11. The maximum absolute atomic E-state index is 11.8. The molecule has 3 N–H and O–H groups in total. The number of hydrazine groups is 1. The summed E-state index contributed by atoms with van der Waals surface area (Å²) in [5.41, 5.74) is 3.57. The number of furan rings is 1. The van der Waals surface area contributed by atoms with Crippen molar-refractivity contribution in [3.8, 4) is 0 Å². The van der Waals surface area contributed by atoms with Crippen LogP contribution >= 0.6 is 0 Å². The van der Waals surface area contributed by atoms with Gasteiger partial charge in [0.25, 0.3) is 0 Å². The summed E-state index contributed by atoms with van der Waals surface area (Å²) in [5, 5.41) is 0.905. The van der Waals surface area contributed by atoms with Crippen molar-refractivity contribution in [2.24, 2.45) is 11.8 Å². The van der Waals surface area contributed by atoms with E-state index in [1.54, 1.807) is 0 Å². The number of nitrogens with two attached hydrogens (primary N) is 1. The van der Waals surface area contributed by atoms with E-state index in [1.165, 1.54) is 25.7 Å². The summed E-state index contributed by atoms with van der Waals surface area (Å²) in [6, 6.07) is 7.56. The van der Waals surface area contributed by atoms with Gasteiger partial charge in [-0.1, -0.05) is 31.0 Å². The van der Waals surface area contributed by atoms with Crippen LogP contribution in [0.5, 0.6) is 0 Å². The second-order valence-electron chi connectivity index (χ2n) is 5.54. The Kier molecular flexibility index (Phi) is 4.22. The van der Waals surface area contributed by atoms with Gasteiger partial charge >= 0.3 is 5.91 Å². The van der Waals surface area contributed by atoms with E-state index >= 15 is 0 Å². The number of hydrogen-bond donors (Lipinski definition) is 2. The van der Waals surface area contributed by atoms with E-state index in [9.17, 15) is 4.79 Å². The fraction of sp³-hybridized carbons (Fsp3) is 0.438. The van der Waals surface area contributed by atoms with E-state index in [0.717, 1.165) is 17.6 Å². The maximum Gasteiger partial charge on any atom is 0.301 e. The van der Waals surface area contributed by atoms with Gasteiger partial charge in [0, 0.05) is 17.6 Å². The predicted molar refractivity (Wildman–Crippen MR) is 79.5 cm³/mol. The molecule has 1 amide bonds. The molecule has 0 unspecified atom stereocenters. The molecule has 1 fully saturated rings. The summed E-state index contributed by atoms with van der Waals surface area (Å²) in [4.78, 5) is 11.8. The Morgan fingerprint density at radius 2 is 2.10 bits per heavy atom. The van der Waals surface area contributed by atoms with Crippen molar-refractivity contribution in [1.82, 2.24) is 5.43 Å². The third kappa shape index (κ3) is 2.94. The zero-order chi connectivity index (χ0) is 14.7. The smallest absolute Gasteiger partial charge is 0.301 e. The summed E-state index contributed by atoms with van der Waals surface area (Å²) in [5.74, 6) is 5.69. The summed E-state index contributed by atoms with van der Waals surface area (Å²) in [7, 11) is 0. The molecule has 0 radical (unpaired) electrons. The molecule has 0 aliphatic heterocycles. The lowest BCUT2D eigenvalue weighted by Crippen LogP contribution is -2.30. The van der Waals surface area contributed by atoms with Crippen molar-refractivity contribution in [3.05, 3.63) is 35.6 Å². The zero-order valence-corrected chi connectivity index (χ0v) is 11.9. The molecule has 2 aromatic rings. The molecule has 1 aromatic carbocycles. The predicted octanol–water partition coefficient (Wildman–Crippen LogP) is 2.74. The van der Waals surface area contributed by atoms with Gasteiger partial charge in [0.1, 0.15) is 5.58 Å². The number of nitrogens with one attached hydrogen (secondary N) is 1. The number of amides is 1. The van der Waals surface area contributed by atoms with Crippen LogP contribution in [0.25, 0.3) is 11.0 Å². The van der Waals surface area contributed by atoms with Crippen LogP contribution in [0.2, 0.25) is 0 Å². The number of hydrogen-bond acceptors (Lipinski definition) is 4. The summed E-state index contributed by atoms with van der Waals surface area (Å²) >= 11 is 0. The molecule has 0 bridgehead atoms. The standard InChI is InChI=1S/C16H20N2O3/c17-18-16(19)15-13(10-20-9-11-5-1-2-6-11)12-7-3-4-8-14(12)21-15/h3-4,7-8,11H,1-2,5-6,9-10,17H2,(H,18,19). The van der Waals surface area contributed by atoms with Crippen LogP contribution < -0.4 is 11.3 Å². The van der Waals surface area contributed by atoms with Crippen LogP contribution in [0.15, 0.2) is 28.7 Å². The maximum atomic E-state index is 11.8. The second kappa shape index (κ2) is 6.28. The lowest BCUT2D eigenvalue weighted by Gasteiger charge is -2.09. The molecular formula is C16H20N2O3. The number of ether oxygens (including phenoxy) is 1. The average Bonchev–Trinajstić information content (AvgIpc) is 3.14. The van der Waals surface area contributed by atoms with Crippen molar-refractivity contribution < 1.29 is 13.9 Å². The number of nitrogen functional groups attached to an aromatic ring is 1. The van der Waals surface area contributed by atoms with Crippen LogP contribution in [-0.2, 0) is 11.3 Å². The van der Waals surface area contributed by atoms with Crippen molar-refractivity contribution in [2.75, 3.05) is 6.61 Å². The van der Waals surface area contributed by atoms with Gasteiger partial charge in [0.05, 0.1) is 6.61 Å². The Labute approximate surface area is 123 Å². The molecule has 5 heteroatoms. The van der Waals surface area contributed by atoms with E-state index in [-0.39, 0.29) is 5.76 Å². The molecular weight excluding hydrogens is 268 g/mol. The van der Waals surface area contributed by atoms with Crippen LogP contribution in [0.1, 0.15) is 41.8 Å². The van der Waals surface area contributed by atoms with Gasteiger partial charge in [0.15, 0.2) is 5.76 Å². The van der Waals surface area contributed by atoms with Crippen molar-refractivity contribution in [2.45, 2.75) is 32.3 Å². The molecule has 1 aliphatic rings. The molecule has 1 heterocycles. The Morgan fingerprint density at radius 3 is 2.86 bits per heavy atom. The van der Waals surface area contributed by atoms with E-state index in [2.05, 4.69) is 5.43 Å². The fourth-order valence-electron chi connectivity index (χ4n) is 3.00. The molecule has 0 saturated heterocycles. The Balaban J connectivity index is 1.79. The van der Waals surface area contributed by atoms with Crippen LogP contribution in [0, 0.1) is 5.92 Å². The molecule has 3 rings (SSSR count). The highest BCUT2D eigenvalue weighted by Crippen LogP contribution is 2.28. The number of carbonyl (C=O) groups excluding carboxylic acids is 1. The largest absolute Gasteiger partial charge is 0.450 e. The van der Waals surface area contributed by atoms with Crippen molar-refractivity contribution in [3.63, 3.8) is 0 Å². The monoisotopic (exact) mass is 288 g/mol. The first-order valence-electron chi connectivity index (χ1n) is 7.38. The molecule has 0 atom stereocenters. The normalized spacial score (nSPS) is 15.7. The lowest BCUT2D eigenvalue weighted by molar-refractivity contribution is 0.0841. The third-order valence-electron chi connectivity index (χ3n) is 4.11. The molecule has 1 aliphatic carbocycles. The first-order chi connectivity index (χ1) is 10.3.